The SMILES string of the molecule is CCOc1cccc2sc(N(CCn3cccn3)C(=O)C3CCN(S(=O)(=O)c4cccs4)CC3)nc12. The lowest BCUT2D eigenvalue weighted by Crippen LogP contribution is -2.45. The van der Waals surface area contributed by atoms with E-state index in [1.807, 2.05) is 37.4 Å². The summed E-state index contributed by atoms with van der Waals surface area (Å²) in [7, 11) is -3.52. The maximum Gasteiger partial charge on any atom is 0.252 e. The van der Waals surface area contributed by atoms with Crippen LogP contribution >= 0.6 is 22.7 Å². The third-order valence-electron chi connectivity index (χ3n) is 6.17. The number of piperidine rings is 1. The van der Waals surface area contributed by atoms with Gasteiger partial charge in [0.25, 0.3) is 10.0 Å². The number of thiophene rings is 1. The van der Waals surface area contributed by atoms with Gasteiger partial charge >= 0.3 is 0 Å². The molecular weight excluding hydrogens is 518 g/mol. The number of nitrogens with zero attached hydrogens (tertiary/aromatic N) is 5. The number of para-hydroxylation sites is 1. The van der Waals surface area contributed by atoms with Crippen molar-refractivity contribution in [3.8, 4) is 5.75 Å². The van der Waals surface area contributed by atoms with Crippen LogP contribution in [0.25, 0.3) is 10.2 Å². The van der Waals surface area contributed by atoms with Gasteiger partial charge in [-0.3, -0.25) is 14.4 Å². The van der Waals surface area contributed by atoms with Gasteiger partial charge in [0.15, 0.2) is 5.13 Å². The summed E-state index contributed by atoms with van der Waals surface area (Å²) in [4.78, 5) is 20.3. The van der Waals surface area contributed by atoms with Gasteiger partial charge in [0.05, 0.1) is 17.9 Å². The van der Waals surface area contributed by atoms with Crippen LogP contribution in [0.5, 0.6) is 5.75 Å². The van der Waals surface area contributed by atoms with Crippen LogP contribution in [0.15, 0.2) is 58.4 Å². The van der Waals surface area contributed by atoms with Crippen molar-refractivity contribution in [3.63, 3.8) is 0 Å². The van der Waals surface area contributed by atoms with Crippen molar-refractivity contribution >= 4 is 54.0 Å². The zero-order valence-electron chi connectivity index (χ0n) is 19.8. The van der Waals surface area contributed by atoms with E-state index in [9.17, 15) is 13.2 Å². The van der Waals surface area contributed by atoms with Crippen molar-refractivity contribution in [2.45, 2.75) is 30.5 Å². The molecule has 1 amide bonds. The fourth-order valence-corrected chi connectivity index (χ4v) is 7.96. The smallest absolute Gasteiger partial charge is 0.252 e. The van der Waals surface area contributed by atoms with Crippen LogP contribution in [0, 0.1) is 5.92 Å². The highest BCUT2D eigenvalue weighted by Crippen LogP contribution is 2.36. The average Bonchev–Trinajstić information content (AvgIpc) is 3.67. The third-order valence-corrected chi connectivity index (χ3v) is 10.5. The molecule has 1 fully saturated rings. The molecule has 9 nitrogen and oxygen atoms in total. The highest BCUT2D eigenvalue weighted by molar-refractivity contribution is 7.91. The molecule has 1 aromatic carbocycles. The molecule has 0 unspecified atom stereocenters. The normalized spacial score (nSPS) is 15.4. The number of benzene rings is 1. The Hall–Kier alpha value is -2.80. The fourth-order valence-electron chi connectivity index (χ4n) is 4.34. The molecule has 4 aromatic rings. The largest absolute Gasteiger partial charge is 0.492 e. The number of carbonyl (C=O) groups is 1. The molecule has 0 saturated carbocycles. The number of hydrogen-bond donors (Lipinski definition) is 0. The van der Waals surface area contributed by atoms with Gasteiger partial charge < -0.3 is 4.74 Å². The highest BCUT2D eigenvalue weighted by Gasteiger charge is 2.35. The number of aromatic nitrogens is 3. The number of rotatable bonds is 9. The van der Waals surface area contributed by atoms with E-state index >= 15 is 0 Å². The molecule has 0 bridgehead atoms. The van der Waals surface area contributed by atoms with Gasteiger partial charge in [-0.1, -0.05) is 23.5 Å². The van der Waals surface area contributed by atoms with E-state index < -0.39 is 10.0 Å². The molecule has 36 heavy (non-hydrogen) atoms. The van der Waals surface area contributed by atoms with Gasteiger partial charge in [-0.15, -0.1) is 11.3 Å². The van der Waals surface area contributed by atoms with E-state index in [2.05, 4.69) is 5.10 Å². The van der Waals surface area contributed by atoms with Gasteiger partial charge in [-0.2, -0.15) is 9.40 Å². The lowest BCUT2D eigenvalue weighted by molar-refractivity contribution is -0.123. The predicted octanol–water partition coefficient (Wildman–Crippen LogP) is 4.09. The molecule has 190 valence electrons. The fraction of sp³-hybridized carbons (Fsp3) is 0.375. The van der Waals surface area contributed by atoms with Crippen molar-refractivity contribution in [1.82, 2.24) is 19.1 Å². The number of carbonyl (C=O) groups excluding carboxylic acids is 1. The third kappa shape index (κ3) is 5.03. The lowest BCUT2D eigenvalue weighted by atomic mass is 9.96. The van der Waals surface area contributed by atoms with E-state index in [1.54, 1.807) is 33.3 Å². The van der Waals surface area contributed by atoms with Crippen LogP contribution < -0.4 is 9.64 Å². The maximum atomic E-state index is 13.8. The van der Waals surface area contributed by atoms with Gasteiger partial charge in [0.2, 0.25) is 5.91 Å². The molecule has 1 aliphatic heterocycles. The second-order valence-electron chi connectivity index (χ2n) is 8.40. The van der Waals surface area contributed by atoms with E-state index in [-0.39, 0.29) is 11.8 Å². The Morgan fingerprint density at radius 2 is 2.03 bits per heavy atom. The minimum Gasteiger partial charge on any atom is -0.492 e. The Kier molecular flexibility index (Phi) is 7.37. The van der Waals surface area contributed by atoms with E-state index in [0.717, 1.165) is 10.2 Å². The summed E-state index contributed by atoms with van der Waals surface area (Å²) in [5.41, 5.74) is 0.744. The molecule has 1 aliphatic rings. The Morgan fingerprint density at radius 1 is 1.19 bits per heavy atom. The number of hydrogen-bond acceptors (Lipinski definition) is 8. The number of amides is 1. The molecule has 3 aromatic heterocycles. The zero-order chi connectivity index (χ0) is 25.1. The standard InChI is InChI=1S/C24H27N5O4S3/c1-2-33-19-6-3-7-20-22(19)26-24(35-20)29(16-15-27-12-5-11-25-27)23(30)18-9-13-28(14-10-18)36(31,32)21-8-4-17-34-21/h3-8,11-12,17-18H,2,9-10,13-16H2,1H3. The summed E-state index contributed by atoms with van der Waals surface area (Å²) < 4.78 is 36.1. The Balaban J connectivity index is 1.37. The van der Waals surface area contributed by atoms with Gasteiger partial charge in [0.1, 0.15) is 15.5 Å². The summed E-state index contributed by atoms with van der Waals surface area (Å²) in [6.07, 6.45) is 4.51. The van der Waals surface area contributed by atoms with Gasteiger partial charge in [-0.25, -0.2) is 13.4 Å². The second kappa shape index (κ2) is 10.7. The summed E-state index contributed by atoms with van der Waals surface area (Å²) >= 11 is 2.67. The molecular formula is C24H27N5O4S3. The predicted molar refractivity (Wildman–Crippen MR) is 141 cm³/mol. The number of anilines is 1. The molecule has 0 spiro atoms. The molecule has 5 rings (SSSR count). The summed E-state index contributed by atoms with van der Waals surface area (Å²) in [6.45, 7) is 4.03. The number of fused-ring (bicyclic) bond motifs is 1. The Labute approximate surface area is 218 Å². The quantitative estimate of drug-likeness (QED) is 0.314. The lowest BCUT2D eigenvalue weighted by Gasteiger charge is -2.32. The topological polar surface area (TPSA) is 97.6 Å². The molecule has 0 aliphatic carbocycles. The molecule has 0 N–H and O–H groups in total. The van der Waals surface area contributed by atoms with Crippen LogP contribution in [-0.4, -0.2) is 59.6 Å². The molecule has 4 heterocycles. The summed E-state index contributed by atoms with van der Waals surface area (Å²) in [5.74, 6) is 0.382. The molecule has 12 heteroatoms. The average molecular weight is 546 g/mol. The first-order chi connectivity index (χ1) is 17.5. The Bertz CT molecular complexity index is 1410. The van der Waals surface area contributed by atoms with E-state index in [4.69, 9.17) is 9.72 Å². The first kappa shape index (κ1) is 24.9. The number of ether oxygens (including phenoxy) is 1. The molecule has 1 saturated heterocycles. The van der Waals surface area contributed by atoms with Crippen LogP contribution in [0.3, 0.4) is 0 Å². The molecule has 0 atom stereocenters. The minimum atomic E-state index is -3.52. The Morgan fingerprint density at radius 3 is 2.72 bits per heavy atom. The van der Waals surface area contributed by atoms with Crippen molar-refractivity contribution in [3.05, 3.63) is 54.2 Å². The van der Waals surface area contributed by atoms with Crippen LogP contribution in [0.4, 0.5) is 5.13 Å². The minimum absolute atomic E-state index is 0.0349. The zero-order valence-corrected chi connectivity index (χ0v) is 22.3. The summed E-state index contributed by atoms with van der Waals surface area (Å²) in [5, 5.41) is 6.64. The van der Waals surface area contributed by atoms with E-state index in [0.29, 0.717) is 60.7 Å². The van der Waals surface area contributed by atoms with Crippen molar-refractivity contribution in [1.29, 1.82) is 0 Å². The van der Waals surface area contributed by atoms with Crippen LogP contribution in [-0.2, 0) is 21.4 Å². The monoisotopic (exact) mass is 545 g/mol. The first-order valence-corrected chi connectivity index (χ1v) is 15.0. The maximum absolute atomic E-state index is 13.8. The van der Waals surface area contributed by atoms with Crippen molar-refractivity contribution < 1.29 is 17.9 Å². The van der Waals surface area contributed by atoms with Gasteiger partial charge in [0, 0.05) is 37.9 Å². The number of thiazole rings is 1. The van der Waals surface area contributed by atoms with Crippen molar-refractivity contribution in [2.24, 2.45) is 5.92 Å². The van der Waals surface area contributed by atoms with Gasteiger partial charge in [-0.05, 0) is 49.4 Å². The number of sulfonamides is 1. The van der Waals surface area contributed by atoms with Crippen LogP contribution in [0.2, 0.25) is 0 Å². The summed E-state index contributed by atoms with van der Waals surface area (Å²) in [6, 6.07) is 11.0. The van der Waals surface area contributed by atoms with Crippen molar-refractivity contribution in [2.75, 3.05) is 31.1 Å². The first-order valence-electron chi connectivity index (χ1n) is 11.8. The highest BCUT2D eigenvalue weighted by atomic mass is 32.2. The second-order valence-corrected chi connectivity index (χ2v) is 12.5. The molecule has 0 radical (unpaired) electrons. The van der Waals surface area contributed by atoms with Crippen LogP contribution in [0.1, 0.15) is 19.8 Å². The van der Waals surface area contributed by atoms with E-state index in [1.165, 1.54) is 27.0 Å².